The molecule has 23 heavy (non-hydrogen) atoms. The first-order valence-electron chi connectivity index (χ1n) is 6.75. The lowest BCUT2D eigenvalue weighted by atomic mass is 10.2. The van der Waals surface area contributed by atoms with Crippen molar-refractivity contribution >= 4 is 33.2 Å². The van der Waals surface area contributed by atoms with Crippen molar-refractivity contribution in [2.75, 3.05) is 11.1 Å². The van der Waals surface area contributed by atoms with Crippen molar-refractivity contribution in [3.8, 4) is 11.3 Å². The first-order valence-corrected chi connectivity index (χ1v) is 7.54. The molecule has 1 heterocycles. The van der Waals surface area contributed by atoms with Gasteiger partial charge in [-0.15, -0.1) is 0 Å². The van der Waals surface area contributed by atoms with Gasteiger partial charge in [-0.1, -0.05) is 15.9 Å². The number of anilines is 2. The molecule has 0 aliphatic heterocycles. The first-order chi connectivity index (χ1) is 11.0. The van der Waals surface area contributed by atoms with Crippen LogP contribution in [0.5, 0.6) is 0 Å². The maximum Gasteiger partial charge on any atom is 0.291 e. The number of amides is 1. The van der Waals surface area contributed by atoms with E-state index in [0.29, 0.717) is 22.7 Å². The van der Waals surface area contributed by atoms with Crippen molar-refractivity contribution < 1.29 is 13.6 Å². The minimum atomic E-state index is -0.410. The summed E-state index contributed by atoms with van der Waals surface area (Å²) in [4.78, 5) is 12.2. The molecular weight excluding hydrogens is 363 g/mol. The van der Waals surface area contributed by atoms with Crippen LogP contribution in [0, 0.1) is 5.82 Å². The van der Waals surface area contributed by atoms with Gasteiger partial charge in [0.1, 0.15) is 11.6 Å². The highest BCUT2D eigenvalue weighted by Gasteiger charge is 2.13. The zero-order valence-corrected chi connectivity index (χ0v) is 13.4. The number of nitrogens with two attached hydrogens (primary N) is 1. The molecule has 3 aromatic rings. The van der Waals surface area contributed by atoms with Crippen LogP contribution in [0.4, 0.5) is 15.8 Å². The van der Waals surface area contributed by atoms with Gasteiger partial charge in [0, 0.05) is 10.0 Å². The number of benzene rings is 2. The van der Waals surface area contributed by atoms with Crippen molar-refractivity contribution in [2.24, 2.45) is 0 Å². The van der Waals surface area contributed by atoms with Gasteiger partial charge in [0.15, 0.2) is 5.76 Å². The minimum absolute atomic E-state index is 0.145. The van der Waals surface area contributed by atoms with Crippen LogP contribution >= 0.6 is 15.9 Å². The molecule has 0 aliphatic rings. The van der Waals surface area contributed by atoms with Gasteiger partial charge >= 0.3 is 0 Å². The van der Waals surface area contributed by atoms with Gasteiger partial charge in [-0.25, -0.2) is 4.39 Å². The topological polar surface area (TPSA) is 68.3 Å². The van der Waals surface area contributed by atoms with Crippen molar-refractivity contribution in [1.29, 1.82) is 0 Å². The zero-order chi connectivity index (χ0) is 16.4. The molecule has 0 bridgehead atoms. The van der Waals surface area contributed by atoms with Crippen molar-refractivity contribution in [2.45, 2.75) is 0 Å². The van der Waals surface area contributed by atoms with Crippen LogP contribution in [0.25, 0.3) is 11.3 Å². The Bertz CT molecular complexity index is 859. The molecule has 0 saturated carbocycles. The Hall–Kier alpha value is -2.60. The van der Waals surface area contributed by atoms with Crippen molar-refractivity contribution in [3.05, 3.63) is 70.6 Å². The number of carbonyl (C=O) groups excluding carboxylic acids is 1. The van der Waals surface area contributed by atoms with Gasteiger partial charge in [0.25, 0.3) is 5.91 Å². The third kappa shape index (κ3) is 3.43. The van der Waals surface area contributed by atoms with E-state index in [2.05, 4.69) is 21.2 Å². The fraction of sp³-hybridized carbons (Fsp3) is 0. The molecule has 0 fully saturated rings. The molecule has 3 N–H and O–H groups in total. The number of halogens is 2. The average Bonchev–Trinajstić information content (AvgIpc) is 3.01. The summed E-state index contributed by atoms with van der Waals surface area (Å²) >= 11 is 3.30. The van der Waals surface area contributed by atoms with Crippen LogP contribution in [0.15, 0.2) is 63.5 Å². The summed E-state index contributed by atoms with van der Waals surface area (Å²) < 4.78 is 19.3. The van der Waals surface area contributed by atoms with Crippen LogP contribution in [0.3, 0.4) is 0 Å². The molecule has 1 aromatic heterocycles. The summed E-state index contributed by atoms with van der Waals surface area (Å²) in [6.07, 6.45) is 0. The van der Waals surface area contributed by atoms with E-state index < -0.39 is 5.91 Å². The number of carbonyl (C=O) groups is 1. The predicted molar refractivity (Wildman–Crippen MR) is 90.6 cm³/mol. The molecule has 0 atom stereocenters. The molecule has 4 nitrogen and oxygen atoms in total. The Morgan fingerprint density at radius 1 is 1.09 bits per heavy atom. The molecule has 0 aliphatic carbocycles. The Kier molecular flexibility index (Phi) is 4.16. The second-order valence-corrected chi connectivity index (χ2v) is 5.77. The van der Waals surface area contributed by atoms with Gasteiger partial charge in [-0.05, 0) is 54.6 Å². The molecular formula is C17H12BrFN2O2. The van der Waals surface area contributed by atoms with Crippen molar-refractivity contribution in [1.82, 2.24) is 0 Å². The summed E-state index contributed by atoms with van der Waals surface area (Å²) in [6, 6.07) is 14.2. The second-order valence-electron chi connectivity index (χ2n) is 4.86. The summed E-state index contributed by atoms with van der Waals surface area (Å²) in [7, 11) is 0. The predicted octanol–water partition coefficient (Wildman–Crippen LogP) is 4.68. The second kappa shape index (κ2) is 6.26. The lowest BCUT2D eigenvalue weighted by molar-refractivity contribution is 0.0997. The molecule has 0 unspecified atom stereocenters. The lowest BCUT2D eigenvalue weighted by Crippen LogP contribution is -2.12. The quantitative estimate of drug-likeness (QED) is 0.653. The van der Waals surface area contributed by atoms with E-state index in [1.165, 1.54) is 12.1 Å². The smallest absolute Gasteiger partial charge is 0.291 e. The van der Waals surface area contributed by atoms with E-state index in [1.807, 2.05) is 0 Å². The Balaban J connectivity index is 1.79. The Morgan fingerprint density at radius 2 is 1.83 bits per heavy atom. The molecule has 2 aromatic carbocycles. The normalized spacial score (nSPS) is 10.5. The van der Waals surface area contributed by atoms with Gasteiger partial charge in [-0.3, -0.25) is 4.79 Å². The highest BCUT2D eigenvalue weighted by Crippen LogP contribution is 2.25. The Labute approximate surface area is 140 Å². The average molecular weight is 375 g/mol. The number of nitrogen functional groups attached to an aromatic ring is 1. The van der Waals surface area contributed by atoms with Crippen LogP contribution in [0.1, 0.15) is 10.6 Å². The number of hydrogen-bond acceptors (Lipinski definition) is 3. The van der Waals surface area contributed by atoms with E-state index in [1.54, 1.807) is 42.5 Å². The summed E-state index contributed by atoms with van der Waals surface area (Å²) in [6.45, 7) is 0. The number of rotatable bonds is 3. The molecule has 0 spiro atoms. The third-order valence-electron chi connectivity index (χ3n) is 3.22. The van der Waals surface area contributed by atoms with E-state index in [0.717, 1.165) is 4.47 Å². The number of hydrogen-bond donors (Lipinski definition) is 2. The van der Waals surface area contributed by atoms with Crippen molar-refractivity contribution in [3.63, 3.8) is 0 Å². The molecule has 116 valence electrons. The van der Waals surface area contributed by atoms with Gasteiger partial charge < -0.3 is 15.5 Å². The lowest BCUT2D eigenvalue weighted by Gasteiger charge is -2.07. The maximum absolute atomic E-state index is 12.9. The molecule has 3 rings (SSSR count). The summed E-state index contributed by atoms with van der Waals surface area (Å²) in [5, 5.41) is 2.69. The molecule has 0 saturated heterocycles. The van der Waals surface area contributed by atoms with Gasteiger partial charge in [0.2, 0.25) is 0 Å². The highest BCUT2D eigenvalue weighted by atomic mass is 79.9. The highest BCUT2D eigenvalue weighted by molar-refractivity contribution is 9.10. The first kappa shape index (κ1) is 15.3. The van der Waals surface area contributed by atoms with E-state index in [-0.39, 0.29) is 11.6 Å². The van der Waals surface area contributed by atoms with E-state index >= 15 is 0 Å². The standard InChI is InChI=1S/C17H12BrFN2O2/c18-11-3-6-14(13(20)9-11)21-17(22)16-8-7-15(23-16)10-1-4-12(19)5-2-10/h1-9H,20H2,(H,21,22). The monoisotopic (exact) mass is 374 g/mol. The zero-order valence-electron chi connectivity index (χ0n) is 11.8. The molecule has 0 radical (unpaired) electrons. The van der Waals surface area contributed by atoms with E-state index in [9.17, 15) is 9.18 Å². The number of furan rings is 1. The minimum Gasteiger partial charge on any atom is -0.451 e. The summed E-state index contributed by atoms with van der Waals surface area (Å²) in [5.74, 6) is -0.109. The van der Waals surface area contributed by atoms with Gasteiger partial charge in [0.05, 0.1) is 11.4 Å². The van der Waals surface area contributed by atoms with Crippen LogP contribution in [0.2, 0.25) is 0 Å². The Morgan fingerprint density at radius 3 is 2.52 bits per heavy atom. The number of nitrogens with one attached hydrogen (secondary N) is 1. The fourth-order valence-corrected chi connectivity index (χ4v) is 2.44. The van der Waals surface area contributed by atoms with Crippen LogP contribution in [-0.4, -0.2) is 5.91 Å². The molecule has 1 amide bonds. The van der Waals surface area contributed by atoms with Crippen LogP contribution in [-0.2, 0) is 0 Å². The van der Waals surface area contributed by atoms with Gasteiger partial charge in [-0.2, -0.15) is 0 Å². The molecule has 6 heteroatoms. The fourth-order valence-electron chi connectivity index (χ4n) is 2.06. The van der Waals surface area contributed by atoms with E-state index in [4.69, 9.17) is 10.2 Å². The largest absolute Gasteiger partial charge is 0.451 e. The summed E-state index contributed by atoms with van der Waals surface area (Å²) in [5.41, 5.74) is 7.48. The maximum atomic E-state index is 12.9. The SMILES string of the molecule is Nc1cc(Br)ccc1NC(=O)c1ccc(-c2ccc(F)cc2)o1. The van der Waals surface area contributed by atoms with Crippen LogP contribution < -0.4 is 11.1 Å². The third-order valence-corrected chi connectivity index (χ3v) is 3.71.